The average Bonchev–Trinajstić information content (AvgIpc) is 2.94. The molecule has 0 unspecified atom stereocenters. The SMILES string of the molecule is O=C(O)[C@@H]1CCCN1.c1ccc2ncncc2c1. The summed E-state index contributed by atoms with van der Waals surface area (Å²) in [5, 5.41) is 12.3. The normalized spacial score (nSPS) is 18.1. The minimum atomic E-state index is -0.720. The van der Waals surface area contributed by atoms with Gasteiger partial charge in [0.05, 0.1) is 5.52 Å². The first-order chi connectivity index (χ1) is 8.77. The summed E-state index contributed by atoms with van der Waals surface area (Å²) in [4.78, 5) is 18.1. The van der Waals surface area contributed by atoms with Crippen molar-refractivity contribution >= 4 is 16.9 Å². The van der Waals surface area contributed by atoms with E-state index < -0.39 is 5.97 Å². The van der Waals surface area contributed by atoms with E-state index in [-0.39, 0.29) is 6.04 Å². The predicted octanol–water partition coefficient (Wildman–Crippen LogP) is 1.45. The van der Waals surface area contributed by atoms with Gasteiger partial charge in [-0.25, -0.2) is 9.97 Å². The van der Waals surface area contributed by atoms with Crippen molar-refractivity contribution in [3.05, 3.63) is 36.8 Å². The lowest BCUT2D eigenvalue weighted by atomic mass is 10.2. The number of fused-ring (bicyclic) bond motifs is 1. The van der Waals surface area contributed by atoms with Crippen molar-refractivity contribution < 1.29 is 9.90 Å². The highest BCUT2D eigenvalue weighted by molar-refractivity contribution is 5.76. The highest BCUT2D eigenvalue weighted by Crippen LogP contribution is 2.06. The third kappa shape index (κ3) is 3.24. The Kier molecular flexibility index (Phi) is 4.20. The lowest BCUT2D eigenvalue weighted by Gasteiger charge is -1.99. The molecule has 5 heteroatoms. The van der Waals surface area contributed by atoms with Crippen LogP contribution in [0.5, 0.6) is 0 Å². The van der Waals surface area contributed by atoms with Gasteiger partial charge in [0, 0.05) is 11.6 Å². The summed E-state index contributed by atoms with van der Waals surface area (Å²) in [5.74, 6) is -0.720. The Morgan fingerprint density at radius 1 is 1.39 bits per heavy atom. The first-order valence-electron chi connectivity index (χ1n) is 5.88. The van der Waals surface area contributed by atoms with Crippen molar-refractivity contribution in [1.29, 1.82) is 0 Å². The highest BCUT2D eigenvalue weighted by Gasteiger charge is 2.20. The smallest absolute Gasteiger partial charge is 0.320 e. The number of carboxylic acid groups (broad SMARTS) is 1. The second-order valence-electron chi connectivity index (χ2n) is 4.07. The fourth-order valence-corrected chi connectivity index (χ4v) is 1.82. The Bertz CT molecular complexity index is 459. The van der Waals surface area contributed by atoms with Gasteiger partial charge in [0.15, 0.2) is 0 Å². The Labute approximate surface area is 105 Å². The van der Waals surface area contributed by atoms with Crippen molar-refractivity contribution in [1.82, 2.24) is 15.3 Å². The van der Waals surface area contributed by atoms with Gasteiger partial charge in [-0.15, -0.1) is 0 Å². The lowest BCUT2D eigenvalue weighted by Crippen LogP contribution is -2.29. The van der Waals surface area contributed by atoms with E-state index in [1.165, 1.54) is 0 Å². The number of nitrogens with zero attached hydrogens (tertiary/aromatic N) is 2. The van der Waals surface area contributed by atoms with E-state index >= 15 is 0 Å². The zero-order chi connectivity index (χ0) is 12.8. The molecule has 0 bridgehead atoms. The number of para-hydroxylation sites is 1. The third-order valence-electron chi connectivity index (χ3n) is 2.77. The van der Waals surface area contributed by atoms with Gasteiger partial charge in [-0.2, -0.15) is 0 Å². The number of hydrogen-bond acceptors (Lipinski definition) is 4. The molecule has 0 spiro atoms. The molecule has 94 valence electrons. The third-order valence-corrected chi connectivity index (χ3v) is 2.77. The molecule has 0 saturated carbocycles. The van der Waals surface area contributed by atoms with Gasteiger partial charge < -0.3 is 10.4 Å². The van der Waals surface area contributed by atoms with Crippen LogP contribution < -0.4 is 5.32 Å². The topological polar surface area (TPSA) is 75.1 Å². The van der Waals surface area contributed by atoms with Crippen LogP contribution in [0.2, 0.25) is 0 Å². The molecule has 0 aliphatic carbocycles. The van der Waals surface area contributed by atoms with Crippen LogP contribution in [0.1, 0.15) is 12.8 Å². The number of nitrogens with one attached hydrogen (secondary N) is 1. The van der Waals surface area contributed by atoms with Crippen LogP contribution in [0.4, 0.5) is 0 Å². The molecular formula is C13H15N3O2. The summed E-state index contributed by atoms with van der Waals surface area (Å²) in [5.41, 5.74) is 0.998. The quantitative estimate of drug-likeness (QED) is 0.795. The summed E-state index contributed by atoms with van der Waals surface area (Å²) in [6, 6.07) is 7.64. The summed E-state index contributed by atoms with van der Waals surface area (Å²) in [6.07, 6.45) is 5.15. The van der Waals surface area contributed by atoms with E-state index in [1.54, 1.807) is 6.33 Å². The van der Waals surface area contributed by atoms with Crippen molar-refractivity contribution in [3.63, 3.8) is 0 Å². The van der Waals surface area contributed by atoms with E-state index in [1.807, 2.05) is 30.5 Å². The first-order valence-corrected chi connectivity index (χ1v) is 5.88. The van der Waals surface area contributed by atoms with E-state index in [0.717, 1.165) is 30.3 Å². The van der Waals surface area contributed by atoms with Gasteiger partial charge in [0.25, 0.3) is 0 Å². The van der Waals surface area contributed by atoms with Gasteiger partial charge in [0.2, 0.25) is 0 Å². The molecule has 1 aromatic heterocycles. The number of hydrogen-bond donors (Lipinski definition) is 2. The molecule has 1 atom stereocenters. The van der Waals surface area contributed by atoms with Crippen LogP contribution in [0.15, 0.2) is 36.8 Å². The van der Waals surface area contributed by atoms with Crippen molar-refractivity contribution in [2.24, 2.45) is 0 Å². The van der Waals surface area contributed by atoms with Crippen molar-refractivity contribution in [2.45, 2.75) is 18.9 Å². The van der Waals surface area contributed by atoms with Crippen LogP contribution in [0, 0.1) is 0 Å². The molecule has 2 N–H and O–H groups in total. The molecule has 0 radical (unpaired) electrons. The predicted molar refractivity (Wildman–Crippen MR) is 68.2 cm³/mol. The zero-order valence-electron chi connectivity index (χ0n) is 9.91. The molecule has 2 heterocycles. The first kappa shape index (κ1) is 12.4. The van der Waals surface area contributed by atoms with Crippen LogP contribution in [-0.4, -0.2) is 33.6 Å². The maximum Gasteiger partial charge on any atom is 0.320 e. The molecule has 1 aromatic carbocycles. The largest absolute Gasteiger partial charge is 0.480 e. The summed E-state index contributed by atoms with van der Waals surface area (Å²) < 4.78 is 0. The Morgan fingerprint density at radius 2 is 2.22 bits per heavy atom. The average molecular weight is 245 g/mol. The molecule has 18 heavy (non-hydrogen) atoms. The van der Waals surface area contributed by atoms with Crippen LogP contribution >= 0.6 is 0 Å². The second kappa shape index (κ2) is 6.07. The van der Waals surface area contributed by atoms with Gasteiger partial charge in [-0.3, -0.25) is 4.79 Å². The van der Waals surface area contributed by atoms with Crippen molar-refractivity contribution in [3.8, 4) is 0 Å². The number of aromatic nitrogens is 2. The molecule has 2 aromatic rings. The van der Waals surface area contributed by atoms with E-state index in [0.29, 0.717) is 0 Å². The van der Waals surface area contributed by atoms with Gasteiger partial charge in [-0.05, 0) is 25.5 Å². The number of rotatable bonds is 1. The lowest BCUT2D eigenvalue weighted by molar-refractivity contribution is -0.139. The number of aliphatic carboxylic acids is 1. The minimum absolute atomic E-state index is 0.269. The molecule has 0 amide bonds. The Balaban J connectivity index is 0.000000138. The second-order valence-corrected chi connectivity index (χ2v) is 4.07. The molecule has 1 aliphatic rings. The number of carboxylic acids is 1. The van der Waals surface area contributed by atoms with Crippen LogP contribution in [-0.2, 0) is 4.79 Å². The summed E-state index contributed by atoms with van der Waals surface area (Å²) in [7, 11) is 0. The van der Waals surface area contributed by atoms with Gasteiger partial charge >= 0.3 is 5.97 Å². The number of benzene rings is 1. The molecule has 5 nitrogen and oxygen atoms in total. The van der Waals surface area contributed by atoms with Gasteiger partial charge in [0.1, 0.15) is 12.4 Å². The summed E-state index contributed by atoms with van der Waals surface area (Å²) in [6.45, 7) is 0.858. The Morgan fingerprint density at radius 3 is 2.83 bits per heavy atom. The molecule has 1 aliphatic heterocycles. The standard InChI is InChI=1S/C8H6N2.C5H9NO2/c1-2-4-8-7(3-1)5-9-6-10-8;7-5(8)4-2-1-3-6-4/h1-6H;4,6H,1-3H2,(H,7,8)/t;4-/m.0/s1. The maximum absolute atomic E-state index is 10.1. The fourth-order valence-electron chi connectivity index (χ4n) is 1.82. The molecule has 3 rings (SSSR count). The maximum atomic E-state index is 10.1. The molecule has 1 fully saturated rings. The zero-order valence-corrected chi connectivity index (χ0v) is 9.91. The van der Waals surface area contributed by atoms with E-state index in [2.05, 4.69) is 15.3 Å². The fraction of sp³-hybridized carbons (Fsp3) is 0.308. The monoisotopic (exact) mass is 245 g/mol. The Hall–Kier alpha value is -2.01. The summed E-state index contributed by atoms with van der Waals surface area (Å²) >= 11 is 0. The van der Waals surface area contributed by atoms with Gasteiger partial charge in [-0.1, -0.05) is 18.2 Å². The van der Waals surface area contributed by atoms with Crippen molar-refractivity contribution in [2.75, 3.05) is 6.54 Å². The van der Waals surface area contributed by atoms with E-state index in [9.17, 15) is 4.79 Å². The van der Waals surface area contributed by atoms with E-state index in [4.69, 9.17) is 5.11 Å². The minimum Gasteiger partial charge on any atom is -0.480 e. The molecular weight excluding hydrogens is 230 g/mol. The van der Waals surface area contributed by atoms with Crippen LogP contribution in [0.3, 0.4) is 0 Å². The highest BCUT2D eigenvalue weighted by atomic mass is 16.4. The molecule has 1 saturated heterocycles. The van der Waals surface area contributed by atoms with Crippen LogP contribution in [0.25, 0.3) is 10.9 Å². The number of carbonyl (C=O) groups is 1.